The molecule has 0 aromatic rings. The fourth-order valence-electron chi connectivity index (χ4n) is 0.334. The van der Waals surface area contributed by atoms with E-state index in [1.165, 1.54) is 6.92 Å². The van der Waals surface area contributed by atoms with Crippen molar-refractivity contribution in [1.82, 2.24) is 5.32 Å². The summed E-state index contributed by atoms with van der Waals surface area (Å²) in [6.07, 6.45) is 0. The van der Waals surface area contributed by atoms with Crippen molar-refractivity contribution in [2.75, 3.05) is 6.54 Å². The van der Waals surface area contributed by atoms with Gasteiger partial charge in [-0.1, -0.05) is 5.16 Å². The third-order valence-electron chi connectivity index (χ3n) is 0.816. The van der Waals surface area contributed by atoms with Crippen LogP contribution in [0.5, 0.6) is 0 Å². The summed E-state index contributed by atoms with van der Waals surface area (Å²) in [5, 5.41) is 13.2. The number of amides is 1. The van der Waals surface area contributed by atoms with Crippen LogP contribution in [0.15, 0.2) is 5.16 Å². The number of hydrogen-bond acceptors (Lipinski definition) is 3. The lowest BCUT2D eigenvalue weighted by molar-refractivity contribution is -0.114. The Bertz CT molecular complexity index is 131. The van der Waals surface area contributed by atoms with Gasteiger partial charge in [0, 0.05) is 6.54 Å². The lowest BCUT2D eigenvalue weighted by Gasteiger charge is -1.96. The van der Waals surface area contributed by atoms with Crippen molar-refractivity contribution < 1.29 is 10.0 Å². The average molecular weight is 130 g/mol. The van der Waals surface area contributed by atoms with Gasteiger partial charge in [0.2, 0.25) is 0 Å². The number of nitrogens with zero attached hydrogens (tertiary/aromatic N) is 1. The summed E-state index contributed by atoms with van der Waals surface area (Å²) in [6, 6.07) is 0. The van der Waals surface area contributed by atoms with E-state index >= 15 is 0 Å². The van der Waals surface area contributed by atoms with Crippen LogP contribution >= 0.6 is 0 Å². The molecule has 2 N–H and O–H groups in total. The third-order valence-corrected chi connectivity index (χ3v) is 0.816. The minimum absolute atomic E-state index is 0.0804. The van der Waals surface area contributed by atoms with Crippen molar-refractivity contribution in [1.29, 1.82) is 0 Å². The molecular weight excluding hydrogens is 120 g/mol. The normalized spacial score (nSPS) is 11.1. The zero-order chi connectivity index (χ0) is 7.28. The highest BCUT2D eigenvalue weighted by Gasteiger charge is 2.01. The molecule has 0 saturated carbocycles. The van der Waals surface area contributed by atoms with Crippen LogP contribution in [0.2, 0.25) is 0 Å². The molecule has 0 aliphatic rings. The summed E-state index contributed by atoms with van der Waals surface area (Å²) in [6.45, 7) is 3.78. The van der Waals surface area contributed by atoms with Crippen LogP contribution < -0.4 is 5.32 Å². The number of oxime groups is 1. The van der Waals surface area contributed by atoms with Crippen LogP contribution in [0, 0.1) is 0 Å². The van der Waals surface area contributed by atoms with E-state index in [-0.39, 0.29) is 11.6 Å². The zero-order valence-electron chi connectivity index (χ0n) is 5.51. The number of carbonyl (C=O) groups excluding carboxylic acids is 1. The third kappa shape index (κ3) is 2.69. The maximum Gasteiger partial charge on any atom is 0.268 e. The highest BCUT2D eigenvalue weighted by atomic mass is 16.4. The number of carbonyl (C=O) groups is 1. The molecule has 0 radical (unpaired) electrons. The molecule has 0 bridgehead atoms. The molecule has 9 heavy (non-hydrogen) atoms. The summed E-state index contributed by atoms with van der Waals surface area (Å²) < 4.78 is 0. The smallest absolute Gasteiger partial charge is 0.268 e. The van der Waals surface area contributed by atoms with Gasteiger partial charge in [0.1, 0.15) is 5.71 Å². The molecule has 4 heteroatoms. The minimum Gasteiger partial charge on any atom is -0.410 e. The fourth-order valence-corrected chi connectivity index (χ4v) is 0.334. The molecule has 0 heterocycles. The lowest BCUT2D eigenvalue weighted by atomic mass is 10.4. The molecule has 0 rings (SSSR count). The van der Waals surface area contributed by atoms with Gasteiger partial charge in [-0.15, -0.1) is 0 Å². The van der Waals surface area contributed by atoms with Crippen LogP contribution in [-0.2, 0) is 4.79 Å². The van der Waals surface area contributed by atoms with E-state index in [0.717, 1.165) is 0 Å². The van der Waals surface area contributed by atoms with Crippen LogP contribution in [0.1, 0.15) is 13.8 Å². The standard InChI is InChI=1S/C5H10N2O2/c1-3-6-5(8)4(2)7-9/h9H,3H2,1-2H3,(H,6,8)/b7-4+. The Morgan fingerprint density at radius 2 is 2.33 bits per heavy atom. The highest BCUT2D eigenvalue weighted by molar-refractivity contribution is 6.37. The van der Waals surface area contributed by atoms with E-state index in [0.29, 0.717) is 6.54 Å². The molecule has 1 amide bonds. The SMILES string of the molecule is CCNC(=O)/C(C)=N/O. The first-order chi connectivity index (χ1) is 4.22. The van der Waals surface area contributed by atoms with Gasteiger partial charge in [-0.2, -0.15) is 0 Å². The van der Waals surface area contributed by atoms with Gasteiger partial charge in [-0.3, -0.25) is 4.79 Å². The Balaban J connectivity index is 3.74. The maximum atomic E-state index is 10.6. The molecule has 4 nitrogen and oxygen atoms in total. The summed E-state index contributed by atoms with van der Waals surface area (Å²) in [5.74, 6) is -0.333. The van der Waals surface area contributed by atoms with Gasteiger partial charge in [0.15, 0.2) is 0 Å². The molecule has 0 atom stereocenters. The second-order valence-electron chi connectivity index (χ2n) is 1.54. The molecule has 0 fully saturated rings. The highest BCUT2D eigenvalue weighted by Crippen LogP contribution is 1.73. The van der Waals surface area contributed by atoms with Crippen molar-refractivity contribution in [3.8, 4) is 0 Å². The van der Waals surface area contributed by atoms with Gasteiger partial charge < -0.3 is 10.5 Å². The van der Waals surface area contributed by atoms with Gasteiger partial charge in [-0.05, 0) is 13.8 Å². The molecular formula is C5H10N2O2. The first-order valence-corrected chi connectivity index (χ1v) is 2.69. The van der Waals surface area contributed by atoms with Crippen LogP contribution in [0.3, 0.4) is 0 Å². The average Bonchev–Trinajstić information content (AvgIpc) is 1.87. The molecule has 0 aromatic carbocycles. The number of rotatable bonds is 2. The Labute approximate surface area is 53.6 Å². The van der Waals surface area contributed by atoms with Crippen LogP contribution in [0.25, 0.3) is 0 Å². The van der Waals surface area contributed by atoms with Gasteiger partial charge >= 0.3 is 0 Å². The first-order valence-electron chi connectivity index (χ1n) is 2.69. The quantitative estimate of drug-likeness (QED) is 0.313. The molecule has 0 aliphatic heterocycles. The van der Waals surface area contributed by atoms with Crippen molar-refractivity contribution in [3.05, 3.63) is 0 Å². The van der Waals surface area contributed by atoms with Gasteiger partial charge in [-0.25, -0.2) is 0 Å². The van der Waals surface area contributed by atoms with E-state index in [2.05, 4.69) is 10.5 Å². The lowest BCUT2D eigenvalue weighted by Crippen LogP contribution is -2.28. The topological polar surface area (TPSA) is 61.7 Å². The minimum atomic E-state index is -0.333. The predicted molar refractivity (Wildman–Crippen MR) is 33.6 cm³/mol. The van der Waals surface area contributed by atoms with E-state index in [4.69, 9.17) is 5.21 Å². The van der Waals surface area contributed by atoms with Crippen molar-refractivity contribution >= 4 is 11.6 Å². The van der Waals surface area contributed by atoms with E-state index in [1.807, 2.05) is 0 Å². The van der Waals surface area contributed by atoms with E-state index < -0.39 is 0 Å². The molecule has 52 valence electrons. The second kappa shape index (κ2) is 3.88. The Kier molecular flexibility index (Phi) is 3.43. The summed E-state index contributed by atoms with van der Waals surface area (Å²) in [4.78, 5) is 10.6. The predicted octanol–water partition coefficient (Wildman–Crippen LogP) is -0.0274. The summed E-state index contributed by atoms with van der Waals surface area (Å²) in [5.41, 5.74) is 0.0804. The Morgan fingerprint density at radius 1 is 1.78 bits per heavy atom. The molecule has 0 aromatic heterocycles. The van der Waals surface area contributed by atoms with E-state index in [9.17, 15) is 4.79 Å². The summed E-state index contributed by atoms with van der Waals surface area (Å²) >= 11 is 0. The zero-order valence-corrected chi connectivity index (χ0v) is 5.51. The Hall–Kier alpha value is -1.06. The molecule has 0 spiro atoms. The summed E-state index contributed by atoms with van der Waals surface area (Å²) in [7, 11) is 0. The first kappa shape index (κ1) is 7.94. The van der Waals surface area contributed by atoms with Crippen LogP contribution in [0.4, 0.5) is 0 Å². The number of nitrogens with one attached hydrogen (secondary N) is 1. The van der Waals surface area contributed by atoms with Crippen LogP contribution in [-0.4, -0.2) is 23.4 Å². The fraction of sp³-hybridized carbons (Fsp3) is 0.600. The number of hydrogen-bond donors (Lipinski definition) is 2. The van der Waals surface area contributed by atoms with E-state index in [1.54, 1.807) is 6.92 Å². The van der Waals surface area contributed by atoms with Crippen molar-refractivity contribution in [2.24, 2.45) is 5.16 Å². The molecule has 0 saturated heterocycles. The molecule has 0 aliphatic carbocycles. The molecule has 0 unspecified atom stereocenters. The van der Waals surface area contributed by atoms with Crippen molar-refractivity contribution in [2.45, 2.75) is 13.8 Å². The largest absolute Gasteiger partial charge is 0.410 e. The van der Waals surface area contributed by atoms with Gasteiger partial charge in [0.05, 0.1) is 0 Å². The monoisotopic (exact) mass is 130 g/mol. The van der Waals surface area contributed by atoms with Crippen molar-refractivity contribution in [3.63, 3.8) is 0 Å². The van der Waals surface area contributed by atoms with Gasteiger partial charge in [0.25, 0.3) is 5.91 Å². The maximum absolute atomic E-state index is 10.6. The Morgan fingerprint density at radius 3 is 2.67 bits per heavy atom. The second-order valence-corrected chi connectivity index (χ2v) is 1.54.